The highest BCUT2D eigenvalue weighted by atomic mass is 16.2. The molecule has 0 bridgehead atoms. The summed E-state index contributed by atoms with van der Waals surface area (Å²) in [5.41, 5.74) is 2.30. The van der Waals surface area contributed by atoms with Crippen LogP contribution in [0.2, 0.25) is 0 Å². The Morgan fingerprint density at radius 2 is 1.84 bits per heavy atom. The van der Waals surface area contributed by atoms with Gasteiger partial charge in [0.05, 0.1) is 17.6 Å². The standard InChI is InChI=1S/C23H26N6O2/c1-16-6-2-3-7-18(16)25-21(30)15-27-19-8-4-5-9-20(19)29-22(27)26-28(23(29)31)14-17-10-12-24-13-11-17/h4-5,8-13,16,18H,2-3,6-7,14-15H2,1H3,(H,25,30)/t16-,18+/m1/s1. The van der Waals surface area contributed by atoms with Gasteiger partial charge >= 0.3 is 5.69 Å². The molecule has 8 nitrogen and oxygen atoms in total. The molecule has 0 aliphatic heterocycles. The number of imidazole rings is 1. The fourth-order valence-electron chi connectivity index (χ4n) is 4.62. The number of rotatable bonds is 5. The predicted molar refractivity (Wildman–Crippen MR) is 118 cm³/mol. The zero-order valence-electron chi connectivity index (χ0n) is 17.6. The summed E-state index contributed by atoms with van der Waals surface area (Å²) < 4.78 is 4.87. The van der Waals surface area contributed by atoms with Crippen LogP contribution < -0.4 is 11.0 Å². The fraction of sp³-hybridized carbons (Fsp3) is 0.391. The van der Waals surface area contributed by atoms with Crippen LogP contribution >= 0.6 is 0 Å². The highest BCUT2D eigenvalue weighted by molar-refractivity contribution is 5.84. The summed E-state index contributed by atoms with van der Waals surface area (Å²) in [5.74, 6) is 0.923. The number of nitrogens with one attached hydrogen (secondary N) is 1. The topological polar surface area (TPSA) is 86.2 Å². The summed E-state index contributed by atoms with van der Waals surface area (Å²) >= 11 is 0. The van der Waals surface area contributed by atoms with Gasteiger partial charge in [-0.05, 0) is 48.6 Å². The van der Waals surface area contributed by atoms with E-state index < -0.39 is 0 Å². The van der Waals surface area contributed by atoms with E-state index >= 15 is 0 Å². The average molecular weight is 419 g/mol. The summed E-state index contributed by atoms with van der Waals surface area (Å²) in [4.78, 5) is 30.1. The maximum atomic E-state index is 13.1. The van der Waals surface area contributed by atoms with Gasteiger partial charge in [0.1, 0.15) is 6.54 Å². The number of hydrogen-bond donors (Lipinski definition) is 1. The molecule has 1 aliphatic carbocycles. The van der Waals surface area contributed by atoms with Gasteiger partial charge in [-0.2, -0.15) is 0 Å². The summed E-state index contributed by atoms with van der Waals surface area (Å²) in [6, 6.07) is 11.6. The van der Waals surface area contributed by atoms with Crippen molar-refractivity contribution in [3.8, 4) is 0 Å². The number of nitrogens with zero attached hydrogens (tertiary/aromatic N) is 5. The second-order valence-corrected chi connectivity index (χ2v) is 8.44. The molecule has 5 rings (SSSR count). The average Bonchev–Trinajstić information content (AvgIpc) is 3.25. The van der Waals surface area contributed by atoms with Crippen LogP contribution in [0.15, 0.2) is 53.6 Å². The van der Waals surface area contributed by atoms with Gasteiger partial charge in [-0.15, -0.1) is 5.10 Å². The molecule has 1 aromatic carbocycles. The van der Waals surface area contributed by atoms with Crippen LogP contribution in [0.4, 0.5) is 0 Å². The van der Waals surface area contributed by atoms with E-state index in [-0.39, 0.29) is 24.2 Å². The molecule has 2 atom stereocenters. The van der Waals surface area contributed by atoms with Crippen molar-refractivity contribution in [1.29, 1.82) is 0 Å². The second kappa shape index (κ2) is 8.02. The highest BCUT2D eigenvalue weighted by Crippen LogP contribution is 2.24. The van der Waals surface area contributed by atoms with Gasteiger partial charge in [0.15, 0.2) is 0 Å². The van der Waals surface area contributed by atoms with Crippen molar-refractivity contribution in [3.63, 3.8) is 0 Å². The van der Waals surface area contributed by atoms with Crippen LogP contribution in [-0.2, 0) is 17.9 Å². The monoisotopic (exact) mass is 418 g/mol. The van der Waals surface area contributed by atoms with Crippen LogP contribution in [0.1, 0.15) is 38.2 Å². The number of hydrogen-bond acceptors (Lipinski definition) is 4. The Kier molecular flexibility index (Phi) is 5.05. The molecule has 1 N–H and O–H groups in total. The van der Waals surface area contributed by atoms with E-state index in [0.717, 1.165) is 35.9 Å². The Morgan fingerprint density at radius 1 is 1.10 bits per heavy atom. The van der Waals surface area contributed by atoms with Crippen molar-refractivity contribution in [1.82, 2.24) is 29.0 Å². The van der Waals surface area contributed by atoms with Crippen LogP contribution in [0.3, 0.4) is 0 Å². The predicted octanol–water partition coefficient (Wildman–Crippen LogP) is 2.59. The smallest absolute Gasteiger partial charge is 0.352 e. The molecule has 0 saturated heterocycles. The third kappa shape index (κ3) is 3.62. The molecule has 8 heteroatoms. The highest BCUT2D eigenvalue weighted by Gasteiger charge is 2.24. The number of pyridine rings is 1. The van der Waals surface area contributed by atoms with E-state index in [9.17, 15) is 9.59 Å². The molecule has 4 aromatic rings. The maximum Gasteiger partial charge on any atom is 0.352 e. The van der Waals surface area contributed by atoms with Gasteiger partial charge in [0.2, 0.25) is 11.7 Å². The molecule has 1 fully saturated rings. The molecule has 0 spiro atoms. The first-order valence-corrected chi connectivity index (χ1v) is 10.9. The van der Waals surface area contributed by atoms with E-state index in [1.807, 2.05) is 41.0 Å². The lowest BCUT2D eigenvalue weighted by Gasteiger charge is -2.29. The number of aromatic nitrogens is 5. The third-order valence-electron chi connectivity index (χ3n) is 6.32. The van der Waals surface area contributed by atoms with E-state index in [0.29, 0.717) is 18.2 Å². The first-order valence-electron chi connectivity index (χ1n) is 10.9. The van der Waals surface area contributed by atoms with Gasteiger partial charge < -0.3 is 5.32 Å². The van der Waals surface area contributed by atoms with Crippen LogP contribution in [0.25, 0.3) is 16.8 Å². The quantitative estimate of drug-likeness (QED) is 0.540. The lowest BCUT2D eigenvalue weighted by atomic mass is 9.86. The van der Waals surface area contributed by atoms with E-state index in [4.69, 9.17) is 0 Å². The Hall–Kier alpha value is -3.42. The summed E-state index contributed by atoms with van der Waals surface area (Å²) in [7, 11) is 0. The number of amides is 1. The van der Waals surface area contributed by atoms with Gasteiger partial charge in [0, 0.05) is 18.4 Å². The van der Waals surface area contributed by atoms with Crippen LogP contribution in [0, 0.1) is 5.92 Å². The minimum Gasteiger partial charge on any atom is -0.352 e. The van der Waals surface area contributed by atoms with Gasteiger partial charge in [-0.3, -0.25) is 14.3 Å². The third-order valence-corrected chi connectivity index (χ3v) is 6.32. The number of carbonyl (C=O) groups excluding carboxylic acids is 1. The molecule has 1 saturated carbocycles. The lowest BCUT2D eigenvalue weighted by Crippen LogP contribution is -2.42. The SMILES string of the molecule is C[C@@H]1CCCC[C@@H]1NC(=O)Cn1c2ccccc2n2c(=O)n(Cc3ccncc3)nc12. The molecule has 3 aromatic heterocycles. The first-order chi connectivity index (χ1) is 15.1. The van der Waals surface area contributed by atoms with E-state index in [1.54, 1.807) is 16.8 Å². The van der Waals surface area contributed by atoms with Gasteiger partial charge in [-0.1, -0.05) is 31.9 Å². The summed E-state index contributed by atoms with van der Waals surface area (Å²) in [6.45, 7) is 2.68. The Balaban J connectivity index is 1.51. The van der Waals surface area contributed by atoms with Crippen molar-refractivity contribution in [2.45, 2.75) is 51.7 Å². The molecule has 31 heavy (non-hydrogen) atoms. The molecule has 0 radical (unpaired) electrons. The van der Waals surface area contributed by atoms with Gasteiger partial charge in [0.25, 0.3) is 0 Å². The normalized spacial score (nSPS) is 19.1. The summed E-state index contributed by atoms with van der Waals surface area (Å²) in [6.07, 6.45) is 7.95. The molecule has 0 unspecified atom stereocenters. The fourth-order valence-corrected chi connectivity index (χ4v) is 4.62. The molecule has 1 amide bonds. The molecule has 3 heterocycles. The minimum absolute atomic E-state index is 0.0434. The largest absolute Gasteiger partial charge is 0.352 e. The zero-order valence-corrected chi connectivity index (χ0v) is 17.6. The van der Waals surface area contributed by atoms with Gasteiger partial charge in [-0.25, -0.2) is 13.9 Å². The Bertz CT molecular complexity index is 1290. The van der Waals surface area contributed by atoms with Crippen molar-refractivity contribution in [2.75, 3.05) is 0 Å². The Morgan fingerprint density at radius 3 is 2.61 bits per heavy atom. The minimum atomic E-state index is -0.219. The second-order valence-electron chi connectivity index (χ2n) is 8.44. The summed E-state index contributed by atoms with van der Waals surface area (Å²) in [5, 5.41) is 7.80. The van der Waals surface area contributed by atoms with Crippen LogP contribution in [0.5, 0.6) is 0 Å². The van der Waals surface area contributed by atoms with Crippen molar-refractivity contribution in [2.24, 2.45) is 5.92 Å². The van der Waals surface area contributed by atoms with Crippen molar-refractivity contribution in [3.05, 3.63) is 64.8 Å². The number of fused-ring (bicyclic) bond motifs is 3. The van der Waals surface area contributed by atoms with Crippen molar-refractivity contribution >= 4 is 22.7 Å². The lowest BCUT2D eigenvalue weighted by molar-refractivity contribution is -0.122. The van der Waals surface area contributed by atoms with E-state index in [1.165, 1.54) is 11.1 Å². The maximum absolute atomic E-state index is 13.1. The molecule has 1 aliphatic rings. The number of benzene rings is 1. The molecular formula is C23H26N6O2. The first kappa shape index (κ1) is 19.5. The molecule has 160 valence electrons. The number of carbonyl (C=O) groups is 1. The van der Waals surface area contributed by atoms with Crippen molar-refractivity contribution < 1.29 is 4.79 Å². The molecular weight excluding hydrogens is 392 g/mol. The zero-order chi connectivity index (χ0) is 21.4. The number of para-hydroxylation sites is 2. The Labute approximate surface area is 179 Å². The van der Waals surface area contributed by atoms with E-state index in [2.05, 4.69) is 22.3 Å². The van der Waals surface area contributed by atoms with Crippen LogP contribution in [-0.4, -0.2) is 35.7 Å².